The molecule has 1 heterocycles. The van der Waals surface area contributed by atoms with E-state index in [0.29, 0.717) is 12.1 Å². The molecule has 0 saturated carbocycles. The zero-order valence-corrected chi connectivity index (χ0v) is 15.7. The molecule has 1 amide bonds. The molecular weight excluding hydrogens is 347 g/mol. The number of pyridine rings is 1. The molecule has 0 aliphatic carbocycles. The highest BCUT2D eigenvalue weighted by molar-refractivity contribution is 5.94. The summed E-state index contributed by atoms with van der Waals surface area (Å²) in [6.07, 6.45) is 1.61. The normalized spacial score (nSPS) is 10.8. The average molecular weight is 371 g/mol. The Morgan fingerprint density at radius 1 is 1.17 bits per heavy atom. The number of nitrogens with one attached hydrogen (secondary N) is 2. The van der Waals surface area contributed by atoms with Crippen LogP contribution < -0.4 is 15.5 Å². The van der Waals surface area contributed by atoms with Gasteiger partial charge in [-0.3, -0.25) is 4.79 Å². The summed E-state index contributed by atoms with van der Waals surface area (Å²) in [6, 6.07) is 13.9. The highest BCUT2D eigenvalue weighted by Gasteiger charge is 2.09. The number of benzene rings is 1. The first kappa shape index (κ1) is 22.2. The monoisotopic (exact) mass is 370 g/mol. The van der Waals surface area contributed by atoms with E-state index in [2.05, 4.69) is 15.6 Å². The molecule has 0 saturated heterocycles. The lowest BCUT2D eigenvalue weighted by Crippen LogP contribution is -2.37. The van der Waals surface area contributed by atoms with Gasteiger partial charge >= 0.3 is 0 Å². The van der Waals surface area contributed by atoms with Crippen LogP contribution in [-0.2, 0) is 0 Å². The van der Waals surface area contributed by atoms with E-state index in [9.17, 15) is 4.79 Å². The fraction of sp³-hybridized carbons (Fsp3) is 0.294. The van der Waals surface area contributed by atoms with Crippen molar-refractivity contribution in [1.29, 1.82) is 0 Å². The van der Waals surface area contributed by atoms with Crippen LogP contribution in [0.4, 0.5) is 11.5 Å². The van der Waals surface area contributed by atoms with Crippen LogP contribution >= 0.6 is 24.8 Å². The summed E-state index contributed by atoms with van der Waals surface area (Å²) < 4.78 is 0. The standard InChI is InChI=1S/C17H22N4O.2ClH/c1-13(18-2)11-20-17(22)14-9-10-16(19-12-14)21(3)15-7-5-4-6-8-15;;/h4-10,12-13,18H,11H2,1-3H3,(H,20,22);2*1H. The summed E-state index contributed by atoms with van der Waals surface area (Å²) in [5.74, 6) is 0.690. The number of para-hydroxylation sites is 1. The first-order valence-electron chi connectivity index (χ1n) is 7.32. The van der Waals surface area contributed by atoms with E-state index in [1.807, 2.05) is 62.3 Å². The van der Waals surface area contributed by atoms with Gasteiger partial charge < -0.3 is 15.5 Å². The summed E-state index contributed by atoms with van der Waals surface area (Å²) in [5, 5.41) is 5.95. The molecule has 1 aromatic heterocycles. The second-order valence-corrected chi connectivity index (χ2v) is 5.20. The topological polar surface area (TPSA) is 57.3 Å². The fourth-order valence-corrected chi connectivity index (χ4v) is 1.95. The Labute approximate surface area is 155 Å². The molecule has 2 rings (SSSR count). The molecule has 0 fully saturated rings. The van der Waals surface area contributed by atoms with Gasteiger partial charge in [0.2, 0.25) is 0 Å². The fourth-order valence-electron chi connectivity index (χ4n) is 1.95. The number of hydrogen-bond acceptors (Lipinski definition) is 4. The van der Waals surface area contributed by atoms with Gasteiger partial charge in [0, 0.05) is 31.5 Å². The van der Waals surface area contributed by atoms with Crippen molar-refractivity contribution in [2.24, 2.45) is 0 Å². The van der Waals surface area contributed by atoms with E-state index in [4.69, 9.17) is 0 Å². The second-order valence-electron chi connectivity index (χ2n) is 5.20. The van der Waals surface area contributed by atoms with Crippen molar-refractivity contribution < 1.29 is 4.79 Å². The molecule has 132 valence electrons. The zero-order valence-electron chi connectivity index (χ0n) is 14.0. The summed E-state index contributed by atoms with van der Waals surface area (Å²) in [7, 11) is 3.82. The van der Waals surface area contributed by atoms with Crippen LogP contribution in [0.1, 0.15) is 17.3 Å². The maximum atomic E-state index is 12.0. The molecular formula is C17H24Cl2N4O. The van der Waals surface area contributed by atoms with Crippen LogP contribution in [0.3, 0.4) is 0 Å². The van der Waals surface area contributed by atoms with Crippen molar-refractivity contribution in [2.45, 2.75) is 13.0 Å². The van der Waals surface area contributed by atoms with Crippen molar-refractivity contribution in [3.05, 3.63) is 54.2 Å². The van der Waals surface area contributed by atoms with Gasteiger partial charge in [-0.2, -0.15) is 0 Å². The van der Waals surface area contributed by atoms with Crippen molar-refractivity contribution in [2.75, 3.05) is 25.5 Å². The number of carbonyl (C=O) groups excluding carboxylic acids is 1. The number of anilines is 2. The number of rotatable bonds is 6. The van der Waals surface area contributed by atoms with E-state index in [0.717, 1.165) is 11.5 Å². The van der Waals surface area contributed by atoms with Gasteiger partial charge in [-0.15, -0.1) is 24.8 Å². The van der Waals surface area contributed by atoms with Crippen molar-refractivity contribution in [1.82, 2.24) is 15.6 Å². The van der Waals surface area contributed by atoms with E-state index >= 15 is 0 Å². The Kier molecular flexibility index (Phi) is 10.0. The average Bonchev–Trinajstić information content (AvgIpc) is 2.59. The van der Waals surface area contributed by atoms with Gasteiger partial charge in [0.25, 0.3) is 5.91 Å². The minimum atomic E-state index is -0.108. The number of carbonyl (C=O) groups is 1. The van der Waals surface area contributed by atoms with E-state index in [1.165, 1.54) is 0 Å². The lowest BCUT2D eigenvalue weighted by atomic mass is 10.2. The first-order valence-corrected chi connectivity index (χ1v) is 7.32. The minimum Gasteiger partial charge on any atom is -0.350 e. The van der Waals surface area contributed by atoms with Crippen LogP contribution in [0.2, 0.25) is 0 Å². The van der Waals surface area contributed by atoms with Gasteiger partial charge in [0.1, 0.15) is 5.82 Å². The number of nitrogens with zero attached hydrogens (tertiary/aromatic N) is 2. The third-order valence-corrected chi connectivity index (χ3v) is 3.56. The van der Waals surface area contributed by atoms with Crippen LogP contribution in [0.15, 0.2) is 48.7 Å². The zero-order chi connectivity index (χ0) is 15.9. The summed E-state index contributed by atoms with van der Waals surface area (Å²) in [5.41, 5.74) is 1.61. The van der Waals surface area contributed by atoms with Crippen LogP contribution in [0.25, 0.3) is 0 Å². The predicted octanol–water partition coefficient (Wildman–Crippen LogP) is 3.03. The molecule has 5 nitrogen and oxygen atoms in total. The minimum absolute atomic E-state index is 0. The van der Waals surface area contributed by atoms with Crippen LogP contribution in [0.5, 0.6) is 0 Å². The number of amides is 1. The van der Waals surface area contributed by atoms with Gasteiger partial charge in [-0.1, -0.05) is 18.2 Å². The quantitative estimate of drug-likeness (QED) is 0.820. The molecule has 7 heteroatoms. The van der Waals surface area contributed by atoms with E-state index in [-0.39, 0.29) is 36.8 Å². The smallest absolute Gasteiger partial charge is 0.252 e. The summed E-state index contributed by atoms with van der Waals surface area (Å²) in [6.45, 7) is 2.59. The number of halogens is 2. The molecule has 0 aliphatic heterocycles. The first-order chi connectivity index (χ1) is 10.6. The third-order valence-electron chi connectivity index (χ3n) is 3.56. The van der Waals surface area contributed by atoms with Crippen molar-refractivity contribution in [3.63, 3.8) is 0 Å². The van der Waals surface area contributed by atoms with Crippen LogP contribution in [-0.4, -0.2) is 37.6 Å². The Balaban J connectivity index is 0.00000264. The second kappa shape index (κ2) is 10.9. The highest BCUT2D eigenvalue weighted by Crippen LogP contribution is 2.20. The third kappa shape index (κ3) is 6.00. The highest BCUT2D eigenvalue weighted by atomic mass is 35.5. The lowest BCUT2D eigenvalue weighted by molar-refractivity contribution is 0.0950. The molecule has 1 unspecified atom stereocenters. The number of hydrogen-bond donors (Lipinski definition) is 2. The van der Waals surface area contributed by atoms with E-state index < -0.39 is 0 Å². The number of aromatic nitrogens is 1. The Hall–Kier alpha value is -1.82. The molecule has 24 heavy (non-hydrogen) atoms. The Morgan fingerprint density at radius 3 is 2.38 bits per heavy atom. The van der Waals surface area contributed by atoms with Gasteiger partial charge in [-0.05, 0) is 38.2 Å². The molecule has 2 aromatic rings. The van der Waals surface area contributed by atoms with Crippen molar-refractivity contribution in [3.8, 4) is 0 Å². The summed E-state index contributed by atoms with van der Waals surface area (Å²) in [4.78, 5) is 18.4. The summed E-state index contributed by atoms with van der Waals surface area (Å²) >= 11 is 0. The van der Waals surface area contributed by atoms with Gasteiger partial charge in [0.15, 0.2) is 0 Å². The maximum absolute atomic E-state index is 12.0. The predicted molar refractivity (Wildman–Crippen MR) is 104 cm³/mol. The molecule has 0 radical (unpaired) electrons. The molecule has 0 spiro atoms. The van der Waals surface area contributed by atoms with Gasteiger partial charge in [-0.25, -0.2) is 4.98 Å². The van der Waals surface area contributed by atoms with Gasteiger partial charge in [0.05, 0.1) is 5.56 Å². The van der Waals surface area contributed by atoms with Crippen LogP contribution in [0, 0.1) is 0 Å². The SMILES string of the molecule is CNC(C)CNC(=O)c1ccc(N(C)c2ccccc2)nc1.Cl.Cl. The molecule has 2 N–H and O–H groups in total. The molecule has 1 atom stereocenters. The maximum Gasteiger partial charge on any atom is 0.252 e. The number of likely N-dealkylation sites (N-methyl/N-ethyl adjacent to an activating group) is 1. The van der Waals surface area contributed by atoms with E-state index in [1.54, 1.807) is 12.3 Å². The Morgan fingerprint density at radius 2 is 1.83 bits per heavy atom. The molecule has 0 bridgehead atoms. The Bertz CT molecular complexity index is 608. The largest absolute Gasteiger partial charge is 0.350 e. The van der Waals surface area contributed by atoms with Crippen molar-refractivity contribution >= 4 is 42.2 Å². The lowest BCUT2D eigenvalue weighted by Gasteiger charge is -2.18. The molecule has 0 aliphatic rings. The molecule has 1 aromatic carbocycles.